The van der Waals surface area contributed by atoms with Gasteiger partial charge in [-0.15, -0.1) is 0 Å². The van der Waals surface area contributed by atoms with E-state index in [9.17, 15) is 9.59 Å². The molecule has 1 unspecified atom stereocenters. The minimum absolute atomic E-state index is 0.101. The Hall–Kier alpha value is -1.36. The van der Waals surface area contributed by atoms with E-state index in [2.05, 4.69) is 21.2 Å². The van der Waals surface area contributed by atoms with E-state index in [0.717, 1.165) is 11.4 Å². The highest BCUT2D eigenvalue weighted by Gasteiger charge is 2.28. The summed E-state index contributed by atoms with van der Waals surface area (Å²) in [6.45, 7) is 2.16. The summed E-state index contributed by atoms with van der Waals surface area (Å²) < 4.78 is 0. The third-order valence-corrected chi connectivity index (χ3v) is 3.19. The van der Waals surface area contributed by atoms with Crippen LogP contribution in [0, 0.1) is 0 Å². The maximum absolute atomic E-state index is 11.7. The molecule has 0 bridgehead atoms. The molecule has 0 aromatic heterocycles. The van der Waals surface area contributed by atoms with Crippen molar-refractivity contribution in [3.05, 3.63) is 24.3 Å². The Labute approximate surface area is 108 Å². The van der Waals surface area contributed by atoms with E-state index in [-0.39, 0.29) is 16.6 Å². The highest BCUT2D eigenvalue weighted by Crippen LogP contribution is 2.26. The molecule has 1 fully saturated rings. The molecule has 1 aliphatic heterocycles. The maximum atomic E-state index is 11.7. The van der Waals surface area contributed by atoms with Crippen LogP contribution in [-0.4, -0.2) is 23.2 Å². The Morgan fingerprint density at radius 1 is 1.41 bits per heavy atom. The van der Waals surface area contributed by atoms with Crippen molar-refractivity contribution in [2.45, 2.75) is 18.2 Å². The topological polar surface area (TPSA) is 49.4 Å². The summed E-state index contributed by atoms with van der Waals surface area (Å²) in [4.78, 5) is 24.5. The lowest BCUT2D eigenvalue weighted by atomic mass is 10.2. The summed E-state index contributed by atoms with van der Waals surface area (Å²) in [6, 6.07) is 7.28. The van der Waals surface area contributed by atoms with Gasteiger partial charge in [-0.2, -0.15) is 0 Å². The lowest BCUT2D eigenvalue weighted by molar-refractivity contribution is -0.117. The van der Waals surface area contributed by atoms with Crippen LogP contribution in [0.3, 0.4) is 0 Å². The predicted molar refractivity (Wildman–Crippen MR) is 70.4 cm³/mol. The number of nitrogens with zero attached hydrogens (tertiary/aromatic N) is 1. The minimum atomic E-state index is -0.101. The van der Waals surface area contributed by atoms with Gasteiger partial charge in [-0.05, 0) is 24.3 Å². The second-order valence-corrected chi connectivity index (χ2v) is 5.33. The van der Waals surface area contributed by atoms with Crippen molar-refractivity contribution in [2.75, 3.05) is 16.8 Å². The number of halogens is 1. The lowest BCUT2D eigenvalue weighted by Crippen LogP contribution is -2.24. The average Bonchev–Trinajstić information content (AvgIpc) is 2.58. The summed E-state index contributed by atoms with van der Waals surface area (Å²) in [5.41, 5.74) is 1.61. The molecule has 1 saturated heterocycles. The number of hydrogen-bond acceptors (Lipinski definition) is 2. The van der Waals surface area contributed by atoms with Gasteiger partial charge in [0, 0.05) is 36.1 Å². The smallest absolute Gasteiger partial charge is 0.228 e. The summed E-state index contributed by atoms with van der Waals surface area (Å²) in [7, 11) is 0. The number of anilines is 2. The molecule has 17 heavy (non-hydrogen) atoms. The van der Waals surface area contributed by atoms with Gasteiger partial charge < -0.3 is 10.2 Å². The molecular weight excluding hydrogens is 284 g/mol. The Kier molecular flexibility index (Phi) is 3.47. The molecule has 1 atom stereocenters. The highest BCUT2D eigenvalue weighted by molar-refractivity contribution is 9.09. The number of amides is 2. The first-order valence-corrected chi connectivity index (χ1v) is 6.30. The maximum Gasteiger partial charge on any atom is 0.228 e. The van der Waals surface area contributed by atoms with Crippen molar-refractivity contribution in [1.29, 1.82) is 0 Å². The lowest BCUT2D eigenvalue weighted by Gasteiger charge is -2.16. The van der Waals surface area contributed by atoms with Crippen molar-refractivity contribution in [2.24, 2.45) is 0 Å². The molecule has 0 radical (unpaired) electrons. The summed E-state index contributed by atoms with van der Waals surface area (Å²) in [5.74, 6) is 0.0228. The fraction of sp³-hybridized carbons (Fsp3) is 0.333. The first-order chi connectivity index (χ1) is 8.06. The number of hydrogen-bond donors (Lipinski definition) is 1. The molecule has 2 amide bonds. The first-order valence-electron chi connectivity index (χ1n) is 5.38. The van der Waals surface area contributed by atoms with Crippen molar-refractivity contribution < 1.29 is 9.59 Å². The Morgan fingerprint density at radius 3 is 2.53 bits per heavy atom. The standard InChI is InChI=1S/C12H13BrN2O2/c1-8(16)14-10-2-4-11(5-3-10)15-7-9(13)6-12(15)17/h2-5,9H,6-7H2,1H3,(H,14,16). The summed E-state index contributed by atoms with van der Waals surface area (Å²) in [6.07, 6.45) is 0.535. The largest absolute Gasteiger partial charge is 0.326 e. The third-order valence-electron chi connectivity index (χ3n) is 2.58. The summed E-state index contributed by atoms with van der Waals surface area (Å²) in [5, 5.41) is 2.69. The Bertz CT molecular complexity index is 444. The molecule has 1 N–H and O–H groups in total. The number of carbonyl (C=O) groups excluding carboxylic acids is 2. The monoisotopic (exact) mass is 296 g/mol. The van der Waals surface area contributed by atoms with Gasteiger partial charge in [0.1, 0.15) is 0 Å². The molecule has 4 nitrogen and oxygen atoms in total. The average molecular weight is 297 g/mol. The molecule has 1 aromatic rings. The van der Waals surface area contributed by atoms with Crippen molar-refractivity contribution in [3.63, 3.8) is 0 Å². The van der Waals surface area contributed by atoms with Gasteiger partial charge in [-0.25, -0.2) is 0 Å². The van der Waals surface area contributed by atoms with Crippen molar-refractivity contribution >= 4 is 39.1 Å². The van der Waals surface area contributed by atoms with E-state index in [1.807, 2.05) is 12.1 Å². The van der Waals surface area contributed by atoms with E-state index >= 15 is 0 Å². The molecule has 0 saturated carbocycles. The van der Waals surface area contributed by atoms with Crippen molar-refractivity contribution in [3.8, 4) is 0 Å². The van der Waals surface area contributed by atoms with Crippen molar-refractivity contribution in [1.82, 2.24) is 0 Å². The third kappa shape index (κ3) is 2.85. The molecule has 1 heterocycles. The molecule has 0 spiro atoms. The fourth-order valence-electron chi connectivity index (χ4n) is 1.84. The molecule has 0 aliphatic carbocycles. The SMILES string of the molecule is CC(=O)Nc1ccc(N2CC(Br)CC2=O)cc1. The van der Waals surface area contributed by atoms with Crippen LogP contribution in [0.5, 0.6) is 0 Å². The van der Waals surface area contributed by atoms with Crippen LogP contribution in [0.4, 0.5) is 11.4 Å². The summed E-state index contributed by atoms with van der Waals surface area (Å²) >= 11 is 3.44. The van der Waals surface area contributed by atoms with E-state index in [1.165, 1.54) is 6.92 Å². The van der Waals surface area contributed by atoms with Gasteiger partial charge >= 0.3 is 0 Å². The second kappa shape index (κ2) is 4.87. The predicted octanol–water partition coefficient (Wildman–Crippen LogP) is 2.15. The van der Waals surface area contributed by atoms with Gasteiger partial charge in [0.25, 0.3) is 0 Å². The molecule has 5 heteroatoms. The van der Waals surface area contributed by atoms with Crippen LogP contribution < -0.4 is 10.2 Å². The Balaban J connectivity index is 2.12. The van der Waals surface area contributed by atoms with Gasteiger partial charge in [0.15, 0.2) is 0 Å². The van der Waals surface area contributed by atoms with Gasteiger partial charge in [-0.1, -0.05) is 15.9 Å². The van der Waals surface area contributed by atoms with Crippen LogP contribution in [0.15, 0.2) is 24.3 Å². The van der Waals surface area contributed by atoms with Crippen LogP contribution in [0.1, 0.15) is 13.3 Å². The van der Waals surface area contributed by atoms with Crippen LogP contribution in [0.25, 0.3) is 0 Å². The zero-order valence-electron chi connectivity index (χ0n) is 9.44. The molecule has 90 valence electrons. The zero-order valence-corrected chi connectivity index (χ0v) is 11.0. The second-order valence-electron chi connectivity index (χ2n) is 4.03. The van der Waals surface area contributed by atoms with E-state index < -0.39 is 0 Å². The van der Waals surface area contributed by atoms with Crippen LogP contribution >= 0.6 is 15.9 Å². The van der Waals surface area contributed by atoms with Crippen LogP contribution in [0.2, 0.25) is 0 Å². The quantitative estimate of drug-likeness (QED) is 0.850. The van der Waals surface area contributed by atoms with Gasteiger partial charge in [0.2, 0.25) is 11.8 Å². The highest BCUT2D eigenvalue weighted by atomic mass is 79.9. The molecule has 1 aliphatic rings. The number of nitrogens with one attached hydrogen (secondary N) is 1. The number of alkyl halides is 1. The number of carbonyl (C=O) groups is 2. The fourth-order valence-corrected chi connectivity index (χ4v) is 2.41. The minimum Gasteiger partial charge on any atom is -0.326 e. The zero-order chi connectivity index (χ0) is 12.4. The van der Waals surface area contributed by atoms with Crippen LogP contribution in [-0.2, 0) is 9.59 Å². The normalized spacial score (nSPS) is 19.5. The van der Waals surface area contributed by atoms with E-state index in [1.54, 1.807) is 17.0 Å². The van der Waals surface area contributed by atoms with E-state index in [0.29, 0.717) is 13.0 Å². The van der Waals surface area contributed by atoms with E-state index in [4.69, 9.17) is 0 Å². The molecular formula is C12H13BrN2O2. The number of benzene rings is 1. The molecule has 2 rings (SSSR count). The Morgan fingerprint density at radius 2 is 2.06 bits per heavy atom. The van der Waals surface area contributed by atoms with Gasteiger partial charge in [0.05, 0.1) is 0 Å². The molecule has 1 aromatic carbocycles. The number of rotatable bonds is 2. The first kappa shape index (κ1) is 12.1. The van der Waals surface area contributed by atoms with Gasteiger partial charge in [-0.3, -0.25) is 9.59 Å².